The van der Waals surface area contributed by atoms with Crippen LogP contribution in [-0.4, -0.2) is 0 Å². The molecule has 0 atom stereocenters. The summed E-state index contributed by atoms with van der Waals surface area (Å²) in [5.41, 5.74) is 13.8. The second-order valence-electron chi connectivity index (χ2n) is 11.3. The van der Waals surface area contributed by atoms with E-state index in [0.29, 0.717) is 0 Å². The van der Waals surface area contributed by atoms with Gasteiger partial charge in [-0.25, -0.2) is 0 Å². The molecule has 0 saturated heterocycles. The molecule has 0 amide bonds. The lowest BCUT2D eigenvalue weighted by Gasteiger charge is -2.29. The monoisotopic (exact) mass is 1000 g/mol. The zero-order valence-electron chi connectivity index (χ0n) is 25.1. The Balaban J connectivity index is 1.81. The average molecular weight is 1010 g/mol. The molecule has 7 rings (SSSR count). The van der Waals surface area contributed by atoms with E-state index < -0.39 is 0 Å². The van der Waals surface area contributed by atoms with Crippen molar-refractivity contribution < 1.29 is 0 Å². The van der Waals surface area contributed by atoms with Crippen LogP contribution in [0.2, 0.25) is 0 Å². The third-order valence-corrected chi connectivity index (χ3v) is 11.5. The topological polar surface area (TPSA) is 0 Å². The second kappa shape index (κ2) is 14.7. The Kier molecular flexibility index (Phi) is 10.4. The van der Waals surface area contributed by atoms with Gasteiger partial charge in [0.05, 0.1) is 0 Å². The van der Waals surface area contributed by atoms with Gasteiger partial charge in [0.2, 0.25) is 0 Å². The molecular formula is C42H24Br6. The normalized spacial score (nSPS) is 11.1. The molecule has 0 bridgehead atoms. The molecule has 0 spiro atoms. The number of rotatable bonds is 6. The van der Waals surface area contributed by atoms with Crippen molar-refractivity contribution in [3.63, 3.8) is 0 Å². The van der Waals surface area contributed by atoms with Crippen LogP contribution in [0.1, 0.15) is 0 Å². The minimum Gasteiger partial charge on any atom is -0.0532 e. The summed E-state index contributed by atoms with van der Waals surface area (Å²) >= 11 is 22.2. The van der Waals surface area contributed by atoms with Gasteiger partial charge in [-0.15, -0.1) is 0 Å². The van der Waals surface area contributed by atoms with Crippen LogP contribution in [0, 0.1) is 0 Å². The van der Waals surface area contributed by atoms with E-state index in [2.05, 4.69) is 241 Å². The van der Waals surface area contributed by atoms with E-state index in [1.54, 1.807) is 0 Å². The lowest BCUT2D eigenvalue weighted by Crippen LogP contribution is -2.02. The van der Waals surface area contributed by atoms with Crippen LogP contribution in [-0.2, 0) is 0 Å². The summed E-state index contributed by atoms with van der Waals surface area (Å²) in [6.07, 6.45) is 0. The Hall–Kier alpha value is -2.58. The van der Waals surface area contributed by atoms with Gasteiger partial charge in [-0.1, -0.05) is 168 Å². The largest absolute Gasteiger partial charge is 0.0532 e. The van der Waals surface area contributed by atoms with Crippen molar-refractivity contribution >= 4 is 95.6 Å². The highest BCUT2D eigenvalue weighted by molar-refractivity contribution is 9.11. The third kappa shape index (κ3) is 7.03. The molecular weight excluding hydrogens is 984 g/mol. The lowest BCUT2D eigenvalue weighted by molar-refractivity contribution is 1.50. The summed E-state index contributed by atoms with van der Waals surface area (Å²) in [6, 6.07) is 52.3. The van der Waals surface area contributed by atoms with Crippen molar-refractivity contribution in [2.45, 2.75) is 0 Å². The van der Waals surface area contributed by atoms with Gasteiger partial charge in [0.25, 0.3) is 0 Å². The first-order valence-electron chi connectivity index (χ1n) is 15.1. The number of halogens is 6. The summed E-state index contributed by atoms with van der Waals surface area (Å²) < 4.78 is 6.22. The molecule has 0 aliphatic rings. The van der Waals surface area contributed by atoms with Crippen molar-refractivity contribution in [3.8, 4) is 66.8 Å². The zero-order chi connectivity index (χ0) is 33.4. The Bertz CT molecular complexity index is 1780. The summed E-state index contributed by atoms with van der Waals surface area (Å²) in [6.45, 7) is 0. The van der Waals surface area contributed by atoms with E-state index in [-0.39, 0.29) is 0 Å². The maximum Gasteiger partial charge on any atom is 0.0175 e. The molecule has 6 heteroatoms. The van der Waals surface area contributed by atoms with Gasteiger partial charge in [-0.05, 0) is 140 Å². The van der Waals surface area contributed by atoms with Crippen LogP contribution in [0.3, 0.4) is 0 Å². The van der Waals surface area contributed by atoms with E-state index in [9.17, 15) is 0 Å². The molecule has 48 heavy (non-hydrogen) atoms. The maximum absolute atomic E-state index is 3.70. The molecule has 0 N–H and O–H groups in total. The van der Waals surface area contributed by atoms with Gasteiger partial charge < -0.3 is 0 Å². The lowest BCUT2D eigenvalue weighted by atomic mass is 9.74. The first-order chi connectivity index (χ1) is 23.3. The molecule has 234 valence electrons. The van der Waals surface area contributed by atoms with Crippen molar-refractivity contribution in [1.29, 1.82) is 0 Å². The molecule has 7 aromatic rings. The van der Waals surface area contributed by atoms with Gasteiger partial charge in [0.15, 0.2) is 0 Å². The van der Waals surface area contributed by atoms with E-state index in [1.165, 1.54) is 33.4 Å². The fourth-order valence-corrected chi connectivity index (χ4v) is 7.77. The van der Waals surface area contributed by atoms with Crippen LogP contribution in [0.5, 0.6) is 0 Å². The Morgan fingerprint density at radius 3 is 0.375 bits per heavy atom. The van der Waals surface area contributed by atoms with Crippen molar-refractivity contribution in [2.75, 3.05) is 0 Å². The summed E-state index contributed by atoms with van der Waals surface area (Å²) in [5, 5.41) is 0. The Labute approximate surface area is 331 Å². The molecule has 0 aliphatic heterocycles. The minimum atomic E-state index is 1.04. The molecule has 7 aromatic carbocycles. The van der Waals surface area contributed by atoms with Gasteiger partial charge in [0.1, 0.15) is 0 Å². The highest BCUT2D eigenvalue weighted by Crippen LogP contribution is 2.56. The van der Waals surface area contributed by atoms with Crippen LogP contribution in [0.25, 0.3) is 66.8 Å². The fourth-order valence-electron chi connectivity index (χ4n) is 6.18. The average Bonchev–Trinajstić information content (AvgIpc) is 3.10. The van der Waals surface area contributed by atoms with Crippen molar-refractivity contribution in [1.82, 2.24) is 0 Å². The molecule has 0 aromatic heterocycles. The molecule has 0 unspecified atom stereocenters. The molecule has 0 fully saturated rings. The Morgan fingerprint density at radius 2 is 0.271 bits per heavy atom. The van der Waals surface area contributed by atoms with E-state index in [0.717, 1.165) is 60.2 Å². The maximum atomic E-state index is 3.70. The molecule has 0 radical (unpaired) electrons. The predicted octanol–water partition coefficient (Wildman–Crippen LogP) is 16.3. The smallest absolute Gasteiger partial charge is 0.0175 e. The van der Waals surface area contributed by atoms with Gasteiger partial charge in [0, 0.05) is 26.8 Å². The van der Waals surface area contributed by atoms with E-state index in [4.69, 9.17) is 0 Å². The second-order valence-corrected chi connectivity index (χ2v) is 16.8. The third-order valence-electron chi connectivity index (χ3n) is 8.30. The molecule has 0 aliphatic carbocycles. The quantitative estimate of drug-likeness (QED) is 0.156. The summed E-state index contributed by atoms with van der Waals surface area (Å²) in [4.78, 5) is 0. The van der Waals surface area contributed by atoms with E-state index >= 15 is 0 Å². The molecule has 0 heterocycles. The summed E-state index contributed by atoms with van der Waals surface area (Å²) in [7, 11) is 0. The highest BCUT2D eigenvalue weighted by Gasteiger charge is 2.29. The SMILES string of the molecule is Brc1ccc(-c2c(-c3ccc(Br)cc3)c(-c3ccc(Br)cc3)c(-c3ccc(Br)cc3)c(-c3ccc(Br)cc3)c2-c2ccc(Br)cc2)cc1. The highest BCUT2D eigenvalue weighted by atomic mass is 79.9. The molecule has 0 nitrogen and oxygen atoms in total. The van der Waals surface area contributed by atoms with Crippen LogP contribution in [0.15, 0.2) is 172 Å². The Morgan fingerprint density at radius 1 is 0.167 bits per heavy atom. The van der Waals surface area contributed by atoms with E-state index in [1.807, 2.05) is 0 Å². The van der Waals surface area contributed by atoms with Crippen LogP contribution < -0.4 is 0 Å². The first kappa shape index (κ1) is 33.9. The first-order valence-corrected chi connectivity index (χ1v) is 19.8. The number of hydrogen-bond donors (Lipinski definition) is 0. The van der Waals surface area contributed by atoms with Crippen molar-refractivity contribution in [3.05, 3.63) is 172 Å². The molecule has 0 saturated carbocycles. The van der Waals surface area contributed by atoms with Gasteiger partial charge in [-0.3, -0.25) is 0 Å². The summed E-state index contributed by atoms with van der Waals surface area (Å²) in [5.74, 6) is 0. The van der Waals surface area contributed by atoms with Gasteiger partial charge in [-0.2, -0.15) is 0 Å². The van der Waals surface area contributed by atoms with Crippen LogP contribution >= 0.6 is 95.6 Å². The number of benzene rings is 7. The minimum absolute atomic E-state index is 1.04. The van der Waals surface area contributed by atoms with Crippen LogP contribution in [0.4, 0.5) is 0 Å². The standard InChI is InChI=1S/C42H24Br6/c43-31-13-1-25(2-14-31)37-38(26-3-15-32(44)16-4-26)40(28-7-19-34(46)20-8-28)42(30-11-23-36(48)24-12-30)41(29-9-21-35(47)22-10-29)39(37)27-5-17-33(45)18-6-27/h1-24H. The number of hydrogen-bond acceptors (Lipinski definition) is 0. The van der Waals surface area contributed by atoms with Crippen molar-refractivity contribution in [2.24, 2.45) is 0 Å². The van der Waals surface area contributed by atoms with Gasteiger partial charge >= 0.3 is 0 Å². The fraction of sp³-hybridized carbons (Fsp3) is 0. The predicted molar refractivity (Wildman–Crippen MR) is 225 cm³/mol. The zero-order valence-corrected chi connectivity index (χ0v) is 34.6.